The Morgan fingerprint density at radius 3 is 2.50 bits per heavy atom. The van der Waals surface area contributed by atoms with Gasteiger partial charge < -0.3 is 4.90 Å². The van der Waals surface area contributed by atoms with Crippen LogP contribution in [0.15, 0.2) is 24.3 Å². The van der Waals surface area contributed by atoms with Gasteiger partial charge in [0.1, 0.15) is 0 Å². The second-order valence-electron chi connectivity index (χ2n) is 6.72. The van der Waals surface area contributed by atoms with Crippen LogP contribution in [-0.4, -0.2) is 62.1 Å². The highest BCUT2D eigenvalue weighted by atomic mass is 16.2. The van der Waals surface area contributed by atoms with Crippen LogP contribution in [0.2, 0.25) is 0 Å². The number of amides is 1. The number of rotatable bonds is 4. The predicted octanol–water partition coefficient (Wildman–Crippen LogP) is 1.02. The molecule has 0 radical (unpaired) electrons. The third kappa shape index (κ3) is 3.17. The number of aromatic nitrogens is 4. The highest BCUT2D eigenvalue weighted by molar-refractivity contribution is 5.81. The first kappa shape index (κ1) is 15.3. The summed E-state index contributed by atoms with van der Waals surface area (Å²) in [6.07, 6.45) is 2.15. The quantitative estimate of drug-likeness (QED) is 0.839. The monoisotopic (exact) mass is 326 g/mol. The van der Waals surface area contributed by atoms with Gasteiger partial charge >= 0.3 is 0 Å². The van der Waals surface area contributed by atoms with E-state index >= 15 is 0 Å². The SMILES string of the molecule is Cc1ccc(-n2nnnc2CN2CCN(C(=O)C3CC3)CC2)cc1. The molecule has 0 spiro atoms. The van der Waals surface area contributed by atoms with E-state index in [1.807, 2.05) is 17.0 Å². The summed E-state index contributed by atoms with van der Waals surface area (Å²) in [5, 5.41) is 12.1. The van der Waals surface area contributed by atoms with Crippen molar-refractivity contribution in [2.45, 2.75) is 26.3 Å². The average molecular weight is 326 g/mol. The van der Waals surface area contributed by atoms with Gasteiger partial charge in [-0.05, 0) is 42.3 Å². The predicted molar refractivity (Wildman–Crippen MR) is 88.5 cm³/mol. The normalized spacial score (nSPS) is 18.8. The largest absolute Gasteiger partial charge is 0.340 e. The maximum absolute atomic E-state index is 12.1. The molecule has 0 bridgehead atoms. The summed E-state index contributed by atoms with van der Waals surface area (Å²) in [6, 6.07) is 8.18. The van der Waals surface area contributed by atoms with Crippen molar-refractivity contribution < 1.29 is 4.79 Å². The zero-order valence-electron chi connectivity index (χ0n) is 13.9. The van der Waals surface area contributed by atoms with Crippen LogP contribution in [0.5, 0.6) is 0 Å². The molecule has 0 unspecified atom stereocenters. The minimum absolute atomic E-state index is 0.311. The molecule has 7 nitrogen and oxygen atoms in total. The van der Waals surface area contributed by atoms with Crippen molar-refractivity contribution in [3.63, 3.8) is 0 Å². The van der Waals surface area contributed by atoms with Crippen molar-refractivity contribution in [3.8, 4) is 5.69 Å². The maximum Gasteiger partial charge on any atom is 0.225 e. The molecule has 2 aromatic rings. The fourth-order valence-electron chi connectivity index (χ4n) is 3.11. The Balaban J connectivity index is 1.39. The first-order chi connectivity index (χ1) is 11.7. The molecule has 2 aliphatic rings. The van der Waals surface area contributed by atoms with E-state index in [1.54, 1.807) is 4.68 Å². The van der Waals surface area contributed by atoms with Crippen molar-refractivity contribution in [2.75, 3.05) is 26.2 Å². The van der Waals surface area contributed by atoms with E-state index in [4.69, 9.17) is 0 Å². The lowest BCUT2D eigenvalue weighted by molar-refractivity contribution is -0.134. The van der Waals surface area contributed by atoms with Gasteiger partial charge in [0.15, 0.2) is 5.82 Å². The molecule has 1 aromatic carbocycles. The van der Waals surface area contributed by atoms with Crippen LogP contribution in [-0.2, 0) is 11.3 Å². The third-order valence-electron chi connectivity index (χ3n) is 4.79. The molecule has 7 heteroatoms. The zero-order valence-corrected chi connectivity index (χ0v) is 13.9. The van der Waals surface area contributed by atoms with Crippen LogP contribution in [0.3, 0.4) is 0 Å². The Bertz CT molecular complexity index is 713. The number of carbonyl (C=O) groups excluding carboxylic acids is 1. The molecule has 0 atom stereocenters. The lowest BCUT2D eigenvalue weighted by Gasteiger charge is -2.34. The summed E-state index contributed by atoms with van der Waals surface area (Å²) in [7, 11) is 0. The molecule has 126 valence electrons. The van der Waals surface area contributed by atoms with Crippen molar-refractivity contribution in [3.05, 3.63) is 35.7 Å². The van der Waals surface area contributed by atoms with Gasteiger partial charge in [-0.25, -0.2) is 0 Å². The van der Waals surface area contributed by atoms with Crippen molar-refractivity contribution in [1.82, 2.24) is 30.0 Å². The van der Waals surface area contributed by atoms with Crippen LogP contribution in [0.4, 0.5) is 0 Å². The minimum atomic E-state index is 0.311. The molecule has 24 heavy (non-hydrogen) atoms. The number of aryl methyl sites for hydroxylation is 1. The Morgan fingerprint density at radius 1 is 1.12 bits per heavy atom. The molecule has 1 aliphatic carbocycles. The van der Waals surface area contributed by atoms with Gasteiger partial charge in [0.2, 0.25) is 5.91 Å². The summed E-state index contributed by atoms with van der Waals surface area (Å²) >= 11 is 0. The maximum atomic E-state index is 12.1. The second kappa shape index (κ2) is 6.32. The molecule has 1 aliphatic heterocycles. The fourth-order valence-corrected chi connectivity index (χ4v) is 3.11. The van der Waals surface area contributed by atoms with Gasteiger partial charge in [0.25, 0.3) is 0 Å². The molecule has 2 fully saturated rings. The Morgan fingerprint density at radius 2 is 1.83 bits per heavy atom. The molecule has 1 saturated carbocycles. The van der Waals surface area contributed by atoms with Gasteiger partial charge in [-0.2, -0.15) is 4.68 Å². The Kier molecular flexibility index (Phi) is 4.02. The van der Waals surface area contributed by atoms with Gasteiger partial charge in [0.05, 0.1) is 12.2 Å². The van der Waals surface area contributed by atoms with E-state index in [0.717, 1.165) is 50.5 Å². The highest BCUT2D eigenvalue weighted by Gasteiger charge is 2.34. The molecule has 1 saturated heterocycles. The van der Waals surface area contributed by atoms with E-state index in [0.29, 0.717) is 18.4 Å². The number of benzene rings is 1. The van der Waals surface area contributed by atoms with Gasteiger partial charge in [-0.1, -0.05) is 17.7 Å². The average Bonchev–Trinajstić information content (AvgIpc) is 3.36. The number of carbonyl (C=O) groups is 1. The van der Waals surface area contributed by atoms with Crippen LogP contribution in [0.1, 0.15) is 24.2 Å². The molecule has 1 aromatic heterocycles. The van der Waals surface area contributed by atoms with Gasteiger partial charge in [-0.15, -0.1) is 5.10 Å². The number of hydrogen-bond acceptors (Lipinski definition) is 5. The molecule has 1 amide bonds. The van der Waals surface area contributed by atoms with E-state index in [2.05, 4.69) is 39.5 Å². The van der Waals surface area contributed by atoms with Crippen LogP contribution < -0.4 is 0 Å². The number of nitrogens with zero attached hydrogens (tertiary/aromatic N) is 6. The van der Waals surface area contributed by atoms with Gasteiger partial charge in [0, 0.05) is 32.1 Å². The lowest BCUT2D eigenvalue weighted by atomic mass is 10.2. The lowest BCUT2D eigenvalue weighted by Crippen LogP contribution is -2.49. The Hall–Kier alpha value is -2.28. The first-order valence-electron chi connectivity index (χ1n) is 8.56. The topological polar surface area (TPSA) is 67.2 Å². The van der Waals surface area contributed by atoms with E-state index < -0.39 is 0 Å². The highest BCUT2D eigenvalue weighted by Crippen LogP contribution is 2.31. The minimum Gasteiger partial charge on any atom is -0.340 e. The summed E-state index contributed by atoms with van der Waals surface area (Å²) in [6.45, 7) is 6.13. The van der Waals surface area contributed by atoms with Crippen LogP contribution >= 0.6 is 0 Å². The Labute approximate surface area is 141 Å². The number of piperazine rings is 1. The van der Waals surface area contributed by atoms with Crippen molar-refractivity contribution >= 4 is 5.91 Å². The second-order valence-corrected chi connectivity index (χ2v) is 6.72. The molecule has 4 rings (SSSR count). The van der Waals surface area contributed by atoms with Crippen LogP contribution in [0, 0.1) is 12.8 Å². The zero-order chi connectivity index (χ0) is 16.5. The van der Waals surface area contributed by atoms with Gasteiger partial charge in [-0.3, -0.25) is 9.69 Å². The van der Waals surface area contributed by atoms with E-state index in [9.17, 15) is 4.79 Å². The summed E-state index contributed by atoms with van der Waals surface area (Å²) < 4.78 is 1.79. The molecular weight excluding hydrogens is 304 g/mol. The third-order valence-corrected chi connectivity index (χ3v) is 4.79. The molecule has 0 N–H and O–H groups in total. The van der Waals surface area contributed by atoms with E-state index in [1.165, 1.54) is 5.56 Å². The van der Waals surface area contributed by atoms with E-state index in [-0.39, 0.29) is 0 Å². The van der Waals surface area contributed by atoms with Crippen LogP contribution in [0.25, 0.3) is 5.69 Å². The standard InChI is InChI=1S/C17H22N6O/c1-13-2-6-15(7-3-13)23-16(18-19-20-23)12-21-8-10-22(11-9-21)17(24)14-4-5-14/h2-3,6-7,14H,4-5,8-12H2,1H3. The van der Waals surface area contributed by atoms with Crippen molar-refractivity contribution in [1.29, 1.82) is 0 Å². The number of tetrazole rings is 1. The summed E-state index contributed by atoms with van der Waals surface area (Å²) in [4.78, 5) is 16.4. The summed E-state index contributed by atoms with van der Waals surface area (Å²) in [5.74, 6) is 1.49. The molecule has 2 heterocycles. The first-order valence-corrected chi connectivity index (χ1v) is 8.56. The smallest absolute Gasteiger partial charge is 0.225 e. The molecular formula is C17H22N6O. The fraction of sp³-hybridized carbons (Fsp3) is 0.529. The summed E-state index contributed by atoms with van der Waals surface area (Å²) in [5.41, 5.74) is 2.19. The number of hydrogen-bond donors (Lipinski definition) is 0. The van der Waals surface area contributed by atoms with Crippen molar-refractivity contribution in [2.24, 2.45) is 5.92 Å².